The minimum Gasteiger partial charge on any atom is -0.435 e. The fourth-order valence-electron chi connectivity index (χ4n) is 4.95. The number of esters is 2. The fraction of sp³-hybridized carbons (Fsp3) is 0.833. The molecule has 0 amide bonds. The van der Waals surface area contributed by atoms with Crippen LogP contribution in [-0.2, 0) is 19.1 Å². The van der Waals surface area contributed by atoms with Crippen molar-refractivity contribution in [1.82, 2.24) is 0 Å². The second-order valence-electron chi connectivity index (χ2n) is 11.7. The number of hydrogen-bond donors (Lipinski definition) is 1. The van der Waals surface area contributed by atoms with Crippen molar-refractivity contribution < 1.29 is 24.2 Å². The predicted octanol–water partition coefficient (Wildman–Crippen LogP) is 11.0. The molecular formula is C36H66O5. The van der Waals surface area contributed by atoms with E-state index in [2.05, 4.69) is 13.8 Å². The highest BCUT2D eigenvalue weighted by Crippen LogP contribution is 2.14. The summed E-state index contributed by atoms with van der Waals surface area (Å²) >= 11 is 0. The maximum absolute atomic E-state index is 11.9. The van der Waals surface area contributed by atoms with E-state index in [9.17, 15) is 14.7 Å². The van der Waals surface area contributed by atoms with Crippen LogP contribution >= 0.6 is 0 Å². The Labute approximate surface area is 253 Å². The number of allylic oxidation sites excluding steroid dienone is 2. The molecule has 0 aromatic rings. The lowest BCUT2D eigenvalue weighted by molar-refractivity contribution is -0.153. The molecule has 240 valence electrons. The van der Waals surface area contributed by atoms with Crippen LogP contribution in [-0.4, -0.2) is 23.1 Å². The number of carbonyl (C=O) groups excluding carboxylic acids is 2. The lowest BCUT2D eigenvalue weighted by Gasteiger charge is -2.06. The van der Waals surface area contributed by atoms with Crippen molar-refractivity contribution in [2.24, 2.45) is 0 Å². The number of ether oxygens (including phenoxy) is 2. The van der Waals surface area contributed by atoms with E-state index in [1.54, 1.807) is 6.08 Å². The van der Waals surface area contributed by atoms with Crippen molar-refractivity contribution in [2.45, 2.75) is 193 Å². The number of unbranched alkanes of at least 4 members (excludes halogenated alkanes) is 24. The summed E-state index contributed by atoms with van der Waals surface area (Å²) in [5, 5.41) is 9.90. The molecule has 0 rings (SSSR count). The minimum absolute atomic E-state index is 0.408. The zero-order valence-corrected chi connectivity index (χ0v) is 27.1. The smallest absolute Gasteiger partial charge is 0.340 e. The number of rotatable bonds is 31. The van der Waals surface area contributed by atoms with Gasteiger partial charge in [0.1, 0.15) is 0 Å². The molecule has 0 spiro atoms. The molecule has 0 aliphatic heterocycles. The summed E-state index contributed by atoms with van der Waals surface area (Å²) in [4.78, 5) is 23.7. The molecule has 41 heavy (non-hydrogen) atoms. The topological polar surface area (TPSA) is 72.8 Å². The van der Waals surface area contributed by atoms with Gasteiger partial charge in [-0.2, -0.15) is 0 Å². The normalized spacial score (nSPS) is 12.4. The summed E-state index contributed by atoms with van der Waals surface area (Å²) in [6.07, 6.45) is 37.6. The van der Waals surface area contributed by atoms with Crippen LogP contribution in [0.25, 0.3) is 0 Å². The zero-order valence-electron chi connectivity index (χ0n) is 27.1. The lowest BCUT2D eigenvalue weighted by atomic mass is 10.0. The van der Waals surface area contributed by atoms with E-state index in [0.29, 0.717) is 0 Å². The Balaban J connectivity index is 3.54. The molecule has 0 aromatic heterocycles. The van der Waals surface area contributed by atoms with Gasteiger partial charge in [0.15, 0.2) is 6.10 Å². The third-order valence-corrected chi connectivity index (χ3v) is 7.66. The molecule has 1 unspecified atom stereocenters. The van der Waals surface area contributed by atoms with Crippen LogP contribution in [0.5, 0.6) is 0 Å². The van der Waals surface area contributed by atoms with Crippen molar-refractivity contribution in [3.05, 3.63) is 24.7 Å². The van der Waals surface area contributed by atoms with E-state index in [1.807, 2.05) is 6.08 Å². The first-order valence-corrected chi connectivity index (χ1v) is 17.5. The molecule has 0 saturated carbocycles. The van der Waals surface area contributed by atoms with Crippen molar-refractivity contribution in [3.8, 4) is 0 Å². The van der Waals surface area contributed by atoms with Gasteiger partial charge in [-0.25, -0.2) is 4.79 Å². The largest absolute Gasteiger partial charge is 0.435 e. The molecule has 0 aromatic carbocycles. The number of carbonyl (C=O) groups is 2. The van der Waals surface area contributed by atoms with Crippen molar-refractivity contribution >= 4 is 11.9 Å². The van der Waals surface area contributed by atoms with Crippen molar-refractivity contribution in [3.63, 3.8) is 0 Å². The molecule has 0 bridgehead atoms. The molecule has 1 N–H and O–H groups in total. The predicted molar refractivity (Wildman–Crippen MR) is 172 cm³/mol. The minimum atomic E-state index is -1.51. The summed E-state index contributed by atoms with van der Waals surface area (Å²) in [6, 6.07) is 0. The number of aliphatic hydroxyl groups excluding tert-OH is 1. The van der Waals surface area contributed by atoms with Crippen LogP contribution in [0.3, 0.4) is 0 Å². The summed E-state index contributed by atoms with van der Waals surface area (Å²) in [7, 11) is 0. The Kier molecular flexibility index (Phi) is 31.6. The molecule has 0 aliphatic rings. The van der Waals surface area contributed by atoms with Gasteiger partial charge in [0.25, 0.3) is 0 Å². The highest BCUT2D eigenvalue weighted by molar-refractivity contribution is 5.82. The molecule has 1 atom stereocenters. The first kappa shape index (κ1) is 39.4. The zero-order chi connectivity index (χ0) is 30.1. The van der Waals surface area contributed by atoms with E-state index in [4.69, 9.17) is 9.47 Å². The summed E-state index contributed by atoms with van der Waals surface area (Å²) in [5.74, 6) is -1.46. The third kappa shape index (κ3) is 31.2. The lowest BCUT2D eigenvalue weighted by Crippen LogP contribution is -2.25. The quantitative estimate of drug-likeness (QED) is 0.0503. The van der Waals surface area contributed by atoms with Gasteiger partial charge in [-0.1, -0.05) is 155 Å². The molecule has 0 radical (unpaired) electrons. The Morgan fingerprint density at radius 3 is 1.20 bits per heavy atom. The molecule has 0 fully saturated rings. The Morgan fingerprint density at radius 2 is 0.829 bits per heavy atom. The van der Waals surface area contributed by atoms with Crippen LogP contribution in [0.1, 0.15) is 187 Å². The van der Waals surface area contributed by atoms with E-state index < -0.39 is 24.5 Å². The summed E-state index contributed by atoms with van der Waals surface area (Å²) in [6.45, 7) is 4.52. The molecular weight excluding hydrogens is 512 g/mol. The standard InChI is InChI=1S/C36H66O5/c1-3-5-7-9-11-13-15-17-19-21-23-25-27-29-31-40-35(38)33-34(37)36(39)41-32-30-28-26-24-22-20-18-16-14-12-10-8-6-4-2/h29-32,34,37H,3-28,33H2,1-2H3/b31-29+,32-30+. The van der Waals surface area contributed by atoms with Gasteiger partial charge >= 0.3 is 11.9 Å². The van der Waals surface area contributed by atoms with E-state index in [-0.39, 0.29) is 0 Å². The molecule has 5 nitrogen and oxygen atoms in total. The maximum atomic E-state index is 11.9. The van der Waals surface area contributed by atoms with Crippen molar-refractivity contribution in [1.29, 1.82) is 0 Å². The second kappa shape index (κ2) is 32.9. The maximum Gasteiger partial charge on any atom is 0.340 e. The van der Waals surface area contributed by atoms with Crippen molar-refractivity contribution in [2.75, 3.05) is 0 Å². The van der Waals surface area contributed by atoms with E-state index in [1.165, 1.54) is 154 Å². The SMILES string of the molecule is CCCCCCCCCCCCCC/C=C/OC(=O)CC(O)C(=O)O/C=C/CCCCCCCCCCCCCC. The fourth-order valence-corrected chi connectivity index (χ4v) is 4.95. The monoisotopic (exact) mass is 578 g/mol. The van der Waals surface area contributed by atoms with Gasteiger partial charge in [0.2, 0.25) is 0 Å². The van der Waals surface area contributed by atoms with Gasteiger partial charge in [0, 0.05) is 0 Å². The average molecular weight is 579 g/mol. The summed E-state index contributed by atoms with van der Waals surface area (Å²) < 4.78 is 9.94. The Hall–Kier alpha value is -1.62. The van der Waals surface area contributed by atoms with Crippen LogP contribution in [0.15, 0.2) is 24.7 Å². The van der Waals surface area contributed by atoms with Gasteiger partial charge in [-0.3, -0.25) is 4.79 Å². The van der Waals surface area contributed by atoms with Gasteiger partial charge < -0.3 is 14.6 Å². The second-order valence-corrected chi connectivity index (χ2v) is 11.7. The number of aliphatic hydroxyl groups is 1. The average Bonchev–Trinajstić information content (AvgIpc) is 2.96. The highest BCUT2D eigenvalue weighted by atomic mass is 16.5. The Bertz CT molecular complexity index is 627. The van der Waals surface area contributed by atoms with Crippen LogP contribution in [0.4, 0.5) is 0 Å². The molecule has 0 aliphatic carbocycles. The molecule has 5 heteroatoms. The van der Waals surface area contributed by atoms with Gasteiger partial charge in [-0.05, 0) is 37.8 Å². The number of hydrogen-bond acceptors (Lipinski definition) is 5. The third-order valence-electron chi connectivity index (χ3n) is 7.66. The van der Waals surface area contributed by atoms with E-state index in [0.717, 1.165) is 25.7 Å². The van der Waals surface area contributed by atoms with Crippen LogP contribution < -0.4 is 0 Å². The van der Waals surface area contributed by atoms with E-state index >= 15 is 0 Å². The Morgan fingerprint density at radius 1 is 0.512 bits per heavy atom. The van der Waals surface area contributed by atoms with Gasteiger partial charge in [0.05, 0.1) is 18.9 Å². The first-order chi connectivity index (χ1) is 20.1. The summed E-state index contributed by atoms with van der Waals surface area (Å²) in [5.41, 5.74) is 0. The molecule has 0 saturated heterocycles. The molecule has 0 heterocycles. The van der Waals surface area contributed by atoms with Gasteiger partial charge in [-0.15, -0.1) is 0 Å². The van der Waals surface area contributed by atoms with Crippen LogP contribution in [0, 0.1) is 0 Å². The van der Waals surface area contributed by atoms with Crippen LogP contribution in [0.2, 0.25) is 0 Å². The highest BCUT2D eigenvalue weighted by Gasteiger charge is 2.20. The first-order valence-electron chi connectivity index (χ1n) is 17.5.